The zero-order chi connectivity index (χ0) is 33.0. The van der Waals surface area contributed by atoms with Crippen LogP contribution in [0.5, 0.6) is 0 Å². The number of nitrogens with zero attached hydrogens (tertiary/aromatic N) is 1. The normalized spacial score (nSPS) is 16.7. The van der Waals surface area contributed by atoms with Crippen molar-refractivity contribution in [3.05, 3.63) is 116 Å². The molecule has 0 aromatic heterocycles. The van der Waals surface area contributed by atoms with Crippen LogP contribution in [0.2, 0.25) is 10.0 Å². The van der Waals surface area contributed by atoms with Crippen LogP contribution >= 0.6 is 23.2 Å². The first-order valence-electron chi connectivity index (χ1n) is 13.7. The number of benzene rings is 3. The van der Waals surface area contributed by atoms with Crippen molar-refractivity contribution in [2.75, 3.05) is 26.7 Å². The van der Waals surface area contributed by atoms with Gasteiger partial charge >= 0.3 is 18.3 Å². The second-order valence-corrected chi connectivity index (χ2v) is 11.5. The Bertz CT molecular complexity index is 1490. The third kappa shape index (κ3) is 8.94. The van der Waals surface area contributed by atoms with E-state index in [1.807, 2.05) is 35.2 Å². The molecule has 0 bridgehead atoms. The molecule has 1 aliphatic heterocycles. The molecule has 1 aliphatic rings. The Morgan fingerprint density at radius 1 is 0.933 bits per heavy atom. The van der Waals surface area contributed by atoms with Crippen LogP contribution in [0.1, 0.15) is 46.6 Å². The molecule has 3 aromatic rings. The zero-order valence-corrected chi connectivity index (χ0v) is 25.4. The summed E-state index contributed by atoms with van der Waals surface area (Å²) in [5, 5.41) is 11.7. The van der Waals surface area contributed by atoms with Crippen LogP contribution in [0, 0.1) is 0 Å². The summed E-state index contributed by atoms with van der Waals surface area (Å²) in [6.07, 6.45) is -8.33. The van der Waals surface area contributed by atoms with E-state index in [9.17, 15) is 36.2 Å². The second kappa shape index (κ2) is 14.0. The molecule has 1 heterocycles. The zero-order valence-electron chi connectivity index (χ0n) is 23.9. The Morgan fingerprint density at radius 2 is 1.53 bits per heavy atom. The van der Waals surface area contributed by atoms with E-state index in [0.717, 1.165) is 18.7 Å². The molecule has 45 heavy (non-hydrogen) atoms. The molecule has 1 saturated heterocycles. The molecule has 0 saturated carbocycles. The number of aliphatic hydroxyl groups is 1. The fraction of sp³-hybridized carbons (Fsp3) is 0.344. The first-order valence-corrected chi connectivity index (χ1v) is 14.5. The lowest BCUT2D eigenvalue weighted by molar-refractivity contribution is -0.143. The number of hydrogen-bond donors (Lipinski definition) is 1. The maximum Gasteiger partial charge on any atom is 0.416 e. The van der Waals surface area contributed by atoms with Crippen molar-refractivity contribution in [3.63, 3.8) is 0 Å². The highest BCUT2D eigenvalue weighted by molar-refractivity contribution is 6.42. The van der Waals surface area contributed by atoms with Crippen molar-refractivity contribution in [2.24, 2.45) is 0 Å². The lowest BCUT2D eigenvalue weighted by atomic mass is 9.84. The van der Waals surface area contributed by atoms with Gasteiger partial charge in [-0.05, 0) is 59.9 Å². The lowest BCUT2D eigenvalue weighted by Crippen LogP contribution is -2.44. The van der Waals surface area contributed by atoms with Gasteiger partial charge in [-0.3, -0.25) is 0 Å². The minimum absolute atomic E-state index is 0.0280. The summed E-state index contributed by atoms with van der Waals surface area (Å²) in [6, 6.07) is 15.1. The smallest absolute Gasteiger partial charge is 0.416 e. The van der Waals surface area contributed by atoms with E-state index < -0.39 is 53.1 Å². The van der Waals surface area contributed by atoms with Gasteiger partial charge in [-0.2, -0.15) is 26.3 Å². The van der Waals surface area contributed by atoms with Crippen LogP contribution in [0.15, 0.2) is 78.6 Å². The summed E-state index contributed by atoms with van der Waals surface area (Å²) in [5.74, 6) is -1.71. The van der Waals surface area contributed by atoms with E-state index in [-0.39, 0.29) is 28.4 Å². The number of carbonyl (C=O) groups is 1. The molecule has 1 N–H and O–H groups in total. The Labute approximate surface area is 266 Å². The summed E-state index contributed by atoms with van der Waals surface area (Å²) in [7, 11) is 1.11. The van der Waals surface area contributed by atoms with E-state index >= 15 is 0 Å². The van der Waals surface area contributed by atoms with Crippen LogP contribution in [0.25, 0.3) is 0 Å². The van der Waals surface area contributed by atoms with Gasteiger partial charge in [0.1, 0.15) is 12.4 Å². The van der Waals surface area contributed by atoms with Gasteiger partial charge < -0.3 is 19.5 Å². The Morgan fingerprint density at radius 3 is 2.07 bits per heavy atom. The average Bonchev–Trinajstić information content (AvgIpc) is 3.00. The van der Waals surface area contributed by atoms with E-state index in [0.29, 0.717) is 43.6 Å². The number of halogens is 8. The monoisotopic (exact) mass is 675 g/mol. The molecule has 0 radical (unpaired) electrons. The number of alkyl halides is 6. The maximum atomic E-state index is 13.5. The summed E-state index contributed by atoms with van der Waals surface area (Å²) in [6.45, 7) is 0.331. The van der Waals surface area contributed by atoms with Gasteiger partial charge in [0.2, 0.25) is 0 Å². The SMILES string of the molecule is COC(=O)/C=C(\OCc1cc(C(F)(F)F)cc(C(F)(F)F)c1)C(CN1CCC(O)(c2ccccc2)CC1)c1ccc(Cl)c(Cl)c1. The highest BCUT2D eigenvalue weighted by Crippen LogP contribution is 2.39. The standard InChI is InChI=1S/C32H29Cl2F6NO4/c1-44-29(42)17-28(45-19-20-13-23(31(35,36)37)16-24(14-20)32(38,39)40)25(21-7-8-26(33)27(34)15-21)18-41-11-9-30(43,10-12-41)22-5-3-2-4-6-22/h2-8,13-17,25,43H,9-12,18-19H2,1H3/b28-17-. The minimum atomic E-state index is -5.04. The van der Waals surface area contributed by atoms with Gasteiger partial charge in [0.05, 0.1) is 45.9 Å². The number of carbonyl (C=O) groups excluding carboxylic acids is 1. The Kier molecular flexibility index (Phi) is 10.8. The van der Waals surface area contributed by atoms with Crippen LogP contribution < -0.4 is 0 Å². The Hall–Kier alpha value is -3.25. The molecule has 1 atom stereocenters. The molecule has 13 heteroatoms. The first kappa shape index (κ1) is 34.6. The van der Waals surface area contributed by atoms with Crippen molar-refractivity contribution in [1.82, 2.24) is 4.90 Å². The number of esters is 1. The van der Waals surface area contributed by atoms with Crippen molar-refractivity contribution < 1.29 is 45.7 Å². The number of hydrogen-bond acceptors (Lipinski definition) is 5. The summed E-state index contributed by atoms with van der Waals surface area (Å²) < 4.78 is 91.4. The van der Waals surface area contributed by atoms with Gasteiger partial charge in [0.25, 0.3) is 0 Å². The van der Waals surface area contributed by atoms with Gasteiger partial charge in [-0.1, -0.05) is 59.6 Å². The molecule has 0 spiro atoms. The minimum Gasteiger partial charge on any atom is -0.492 e. The third-order valence-corrected chi connectivity index (χ3v) is 8.38. The van der Waals surface area contributed by atoms with E-state index in [1.165, 1.54) is 6.07 Å². The van der Waals surface area contributed by atoms with Crippen molar-refractivity contribution >= 4 is 29.2 Å². The van der Waals surface area contributed by atoms with Gasteiger partial charge in [-0.25, -0.2) is 4.79 Å². The molecule has 0 amide bonds. The van der Waals surface area contributed by atoms with Crippen LogP contribution in [0.4, 0.5) is 26.3 Å². The highest BCUT2D eigenvalue weighted by Gasteiger charge is 2.38. The van der Waals surface area contributed by atoms with Crippen LogP contribution in [-0.2, 0) is 38.8 Å². The van der Waals surface area contributed by atoms with Gasteiger partial charge in [-0.15, -0.1) is 0 Å². The largest absolute Gasteiger partial charge is 0.492 e. The average molecular weight is 676 g/mol. The second-order valence-electron chi connectivity index (χ2n) is 10.7. The van der Waals surface area contributed by atoms with Crippen molar-refractivity contribution in [2.45, 2.75) is 43.3 Å². The molecule has 4 rings (SSSR count). The number of methoxy groups -OCH3 is 1. The van der Waals surface area contributed by atoms with Crippen molar-refractivity contribution in [3.8, 4) is 0 Å². The molecule has 5 nitrogen and oxygen atoms in total. The quantitative estimate of drug-likeness (QED) is 0.107. The summed E-state index contributed by atoms with van der Waals surface area (Å²) in [5.41, 5.74) is -3.16. The topological polar surface area (TPSA) is 59.0 Å². The number of likely N-dealkylation sites (tertiary alicyclic amines) is 1. The molecule has 3 aromatic carbocycles. The molecule has 242 valence electrons. The van der Waals surface area contributed by atoms with E-state index in [2.05, 4.69) is 0 Å². The number of ether oxygens (including phenoxy) is 2. The summed E-state index contributed by atoms with van der Waals surface area (Å²) in [4.78, 5) is 14.4. The third-order valence-electron chi connectivity index (χ3n) is 7.64. The molecule has 1 unspecified atom stereocenters. The van der Waals surface area contributed by atoms with Gasteiger partial charge in [0, 0.05) is 19.6 Å². The van der Waals surface area contributed by atoms with Gasteiger partial charge in [0.15, 0.2) is 0 Å². The lowest BCUT2D eigenvalue weighted by Gasteiger charge is -2.40. The first-order chi connectivity index (χ1) is 21.1. The molecule has 1 fully saturated rings. The Balaban J connectivity index is 1.66. The predicted octanol–water partition coefficient (Wildman–Crippen LogP) is 8.37. The molecular formula is C32H29Cl2F6NO4. The fourth-order valence-corrected chi connectivity index (χ4v) is 5.48. The molecular weight excluding hydrogens is 647 g/mol. The van der Waals surface area contributed by atoms with E-state index in [4.69, 9.17) is 32.7 Å². The van der Waals surface area contributed by atoms with Crippen molar-refractivity contribution in [1.29, 1.82) is 0 Å². The summed E-state index contributed by atoms with van der Waals surface area (Å²) >= 11 is 12.4. The fourth-order valence-electron chi connectivity index (χ4n) is 5.18. The number of rotatable bonds is 9. The number of piperidine rings is 1. The van der Waals surface area contributed by atoms with E-state index in [1.54, 1.807) is 12.1 Å². The maximum absolute atomic E-state index is 13.5. The van der Waals surface area contributed by atoms with Crippen LogP contribution in [0.3, 0.4) is 0 Å². The van der Waals surface area contributed by atoms with Crippen LogP contribution in [-0.4, -0.2) is 42.7 Å². The highest BCUT2D eigenvalue weighted by atomic mass is 35.5. The predicted molar refractivity (Wildman–Crippen MR) is 157 cm³/mol. The molecule has 0 aliphatic carbocycles.